The topological polar surface area (TPSA) is 41.8 Å². The van der Waals surface area contributed by atoms with E-state index in [9.17, 15) is 0 Å². The van der Waals surface area contributed by atoms with Crippen LogP contribution in [0.4, 0.5) is 0 Å². The van der Waals surface area contributed by atoms with Crippen molar-refractivity contribution in [3.8, 4) is 0 Å². The molecule has 1 saturated carbocycles. The average molecular weight is 363 g/mol. The molecule has 1 N–H and O–H groups in total. The van der Waals surface area contributed by atoms with Crippen molar-refractivity contribution in [1.29, 1.82) is 0 Å². The van der Waals surface area contributed by atoms with Gasteiger partial charge in [-0.05, 0) is 44.7 Å². The van der Waals surface area contributed by atoms with Gasteiger partial charge in [-0.3, -0.25) is 4.99 Å². The summed E-state index contributed by atoms with van der Waals surface area (Å²) in [6, 6.07) is 4.24. The van der Waals surface area contributed by atoms with E-state index in [0.717, 1.165) is 45.0 Å². The molecule has 2 rings (SSSR count). The standard InChI is InChI=1S/C21H38N4O/c1-4-22-21(25(3)18-19-12-11-16-24(19)2)23-15-9-10-17-26-20-13-7-5-6-8-14-20/h11-12,16,20H,4-10,13-15,17-18H2,1-3H3,(H,22,23). The van der Waals surface area contributed by atoms with Gasteiger partial charge in [-0.25, -0.2) is 0 Å². The zero-order valence-electron chi connectivity index (χ0n) is 17.0. The largest absolute Gasteiger partial charge is 0.378 e. The number of nitrogens with zero attached hydrogens (tertiary/aromatic N) is 3. The van der Waals surface area contributed by atoms with Crippen molar-refractivity contribution in [2.24, 2.45) is 12.0 Å². The summed E-state index contributed by atoms with van der Waals surface area (Å²) < 4.78 is 8.23. The number of guanidine groups is 1. The van der Waals surface area contributed by atoms with Crippen LogP contribution in [0.25, 0.3) is 0 Å². The number of aliphatic imine (C=N–C) groups is 1. The van der Waals surface area contributed by atoms with Crippen molar-refractivity contribution in [3.05, 3.63) is 24.0 Å². The Morgan fingerprint density at radius 3 is 2.69 bits per heavy atom. The second-order valence-corrected chi connectivity index (χ2v) is 7.39. The maximum absolute atomic E-state index is 6.07. The Balaban J connectivity index is 1.68. The highest BCUT2D eigenvalue weighted by atomic mass is 16.5. The molecule has 5 heteroatoms. The number of unbranched alkanes of at least 4 members (excludes halogenated alkanes) is 1. The summed E-state index contributed by atoms with van der Waals surface area (Å²) in [5.41, 5.74) is 1.29. The van der Waals surface area contributed by atoms with Crippen LogP contribution in [0.2, 0.25) is 0 Å². The number of nitrogens with one attached hydrogen (secondary N) is 1. The Morgan fingerprint density at radius 2 is 2.04 bits per heavy atom. The lowest BCUT2D eigenvalue weighted by Crippen LogP contribution is -2.38. The quantitative estimate of drug-likeness (QED) is 0.313. The molecular weight excluding hydrogens is 324 g/mol. The summed E-state index contributed by atoms with van der Waals surface area (Å²) in [5, 5.41) is 3.40. The number of hydrogen-bond acceptors (Lipinski definition) is 2. The maximum Gasteiger partial charge on any atom is 0.194 e. The van der Waals surface area contributed by atoms with Crippen LogP contribution in [-0.4, -0.2) is 48.3 Å². The zero-order valence-corrected chi connectivity index (χ0v) is 17.0. The molecule has 0 spiro atoms. The summed E-state index contributed by atoms with van der Waals surface area (Å²) >= 11 is 0. The van der Waals surface area contributed by atoms with Crippen molar-refractivity contribution >= 4 is 5.96 Å². The molecule has 1 aromatic rings. The number of hydrogen-bond donors (Lipinski definition) is 1. The third-order valence-corrected chi connectivity index (χ3v) is 5.12. The fraction of sp³-hybridized carbons (Fsp3) is 0.762. The molecule has 0 aliphatic heterocycles. The first-order chi connectivity index (χ1) is 12.7. The molecule has 0 bridgehead atoms. The van der Waals surface area contributed by atoms with E-state index in [2.05, 4.69) is 54.1 Å². The number of aromatic nitrogens is 1. The van der Waals surface area contributed by atoms with E-state index in [1.807, 2.05) is 0 Å². The lowest BCUT2D eigenvalue weighted by Gasteiger charge is -2.22. The highest BCUT2D eigenvalue weighted by molar-refractivity contribution is 5.79. The summed E-state index contributed by atoms with van der Waals surface area (Å²) in [7, 11) is 4.19. The minimum atomic E-state index is 0.509. The van der Waals surface area contributed by atoms with Crippen LogP contribution in [0.3, 0.4) is 0 Å². The fourth-order valence-corrected chi connectivity index (χ4v) is 3.51. The van der Waals surface area contributed by atoms with Crippen molar-refractivity contribution in [1.82, 2.24) is 14.8 Å². The molecule has 0 amide bonds. The van der Waals surface area contributed by atoms with Gasteiger partial charge in [0.2, 0.25) is 0 Å². The highest BCUT2D eigenvalue weighted by Crippen LogP contribution is 2.19. The van der Waals surface area contributed by atoms with E-state index in [-0.39, 0.29) is 0 Å². The van der Waals surface area contributed by atoms with Gasteiger partial charge in [0, 0.05) is 45.7 Å². The van der Waals surface area contributed by atoms with Crippen LogP contribution in [0, 0.1) is 0 Å². The third kappa shape index (κ3) is 7.40. The molecule has 0 unspecified atom stereocenters. The van der Waals surface area contributed by atoms with Crippen LogP contribution in [0.1, 0.15) is 64.0 Å². The Labute approximate surface area is 159 Å². The first kappa shape index (κ1) is 20.8. The van der Waals surface area contributed by atoms with Gasteiger partial charge < -0.3 is 19.5 Å². The lowest BCUT2D eigenvalue weighted by atomic mass is 10.1. The van der Waals surface area contributed by atoms with Gasteiger partial charge >= 0.3 is 0 Å². The van der Waals surface area contributed by atoms with Crippen molar-refractivity contribution in [2.45, 2.75) is 70.9 Å². The number of aryl methyl sites for hydroxylation is 1. The van der Waals surface area contributed by atoms with Crippen LogP contribution in [0.5, 0.6) is 0 Å². The monoisotopic (exact) mass is 362 g/mol. The van der Waals surface area contributed by atoms with Gasteiger partial charge in [-0.15, -0.1) is 0 Å². The Hall–Kier alpha value is -1.49. The lowest BCUT2D eigenvalue weighted by molar-refractivity contribution is 0.0412. The second-order valence-electron chi connectivity index (χ2n) is 7.39. The number of rotatable bonds is 9. The number of ether oxygens (including phenoxy) is 1. The molecule has 0 aromatic carbocycles. The molecule has 5 nitrogen and oxygen atoms in total. The predicted octanol–water partition coefficient (Wildman–Crippen LogP) is 3.94. The van der Waals surface area contributed by atoms with Crippen LogP contribution >= 0.6 is 0 Å². The van der Waals surface area contributed by atoms with Gasteiger partial charge in [0.25, 0.3) is 0 Å². The fourth-order valence-electron chi connectivity index (χ4n) is 3.51. The molecule has 1 aliphatic carbocycles. The summed E-state index contributed by atoms with van der Waals surface area (Å²) in [6.07, 6.45) is 12.7. The molecule has 1 heterocycles. The molecule has 148 valence electrons. The van der Waals surface area contributed by atoms with E-state index in [4.69, 9.17) is 9.73 Å². The summed E-state index contributed by atoms with van der Waals surface area (Å²) in [5.74, 6) is 0.985. The van der Waals surface area contributed by atoms with E-state index in [1.165, 1.54) is 44.2 Å². The van der Waals surface area contributed by atoms with E-state index >= 15 is 0 Å². The van der Waals surface area contributed by atoms with Crippen molar-refractivity contribution < 1.29 is 4.74 Å². The maximum atomic E-state index is 6.07. The third-order valence-electron chi connectivity index (χ3n) is 5.12. The Bertz CT molecular complexity index is 518. The molecular formula is C21H38N4O. The Morgan fingerprint density at radius 1 is 1.27 bits per heavy atom. The summed E-state index contributed by atoms with van der Waals surface area (Å²) in [4.78, 5) is 6.98. The summed E-state index contributed by atoms with van der Waals surface area (Å²) in [6.45, 7) is 5.61. The molecule has 0 radical (unpaired) electrons. The van der Waals surface area contributed by atoms with E-state index < -0.39 is 0 Å². The Kier molecular flexibility index (Phi) is 9.61. The van der Waals surface area contributed by atoms with Crippen molar-refractivity contribution in [2.75, 3.05) is 26.7 Å². The van der Waals surface area contributed by atoms with Gasteiger partial charge in [0.15, 0.2) is 5.96 Å². The van der Waals surface area contributed by atoms with Gasteiger partial charge in [0.05, 0.1) is 12.6 Å². The second kappa shape index (κ2) is 12.0. The zero-order chi connectivity index (χ0) is 18.6. The average Bonchev–Trinajstić information content (AvgIpc) is 2.87. The van der Waals surface area contributed by atoms with Crippen LogP contribution in [0.15, 0.2) is 23.3 Å². The highest BCUT2D eigenvalue weighted by Gasteiger charge is 2.12. The smallest absolute Gasteiger partial charge is 0.194 e. The van der Waals surface area contributed by atoms with Gasteiger partial charge in [0.1, 0.15) is 0 Å². The van der Waals surface area contributed by atoms with Crippen LogP contribution in [-0.2, 0) is 18.3 Å². The SMILES string of the molecule is CCNC(=NCCCCOC1CCCCCC1)N(C)Cc1cccn1C. The van der Waals surface area contributed by atoms with E-state index in [0.29, 0.717) is 6.10 Å². The molecule has 1 fully saturated rings. The minimum Gasteiger partial charge on any atom is -0.378 e. The van der Waals surface area contributed by atoms with Gasteiger partial charge in [-0.2, -0.15) is 0 Å². The molecule has 1 aromatic heterocycles. The first-order valence-corrected chi connectivity index (χ1v) is 10.4. The molecule has 0 atom stereocenters. The molecule has 1 aliphatic rings. The molecule has 0 saturated heterocycles. The van der Waals surface area contributed by atoms with Crippen LogP contribution < -0.4 is 5.32 Å². The van der Waals surface area contributed by atoms with Crippen molar-refractivity contribution in [3.63, 3.8) is 0 Å². The van der Waals surface area contributed by atoms with E-state index in [1.54, 1.807) is 0 Å². The minimum absolute atomic E-state index is 0.509. The normalized spacial score (nSPS) is 16.5. The first-order valence-electron chi connectivity index (χ1n) is 10.4. The van der Waals surface area contributed by atoms with Gasteiger partial charge in [-0.1, -0.05) is 25.7 Å². The predicted molar refractivity (Wildman–Crippen MR) is 110 cm³/mol. The molecule has 26 heavy (non-hydrogen) atoms.